The molecule has 1 aromatic carbocycles. The third kappa shape index (κ3) is 4.33. The highest BCUT2D eigenvalue weighted by atomic mass is 32.1. The number of rotatable bonds is 4. The molecule has 4 N–H and O–H groups in total. The van der Waals surface area contributed by atoms with Crippen LogP contribution in [0.5, 0.6) is 0 Å². The van der Waals surface area contributed by atoms with Crippen molar-refractivity contribution in [2.45, 2.75) is 20.8 Å². The van der Waals surface area contributed by atoms with Crippen molar-refractivity contribution in [1.82, 2.24) is 5.32 Å². The summed E-state index contributed by atoms with van der Waals surface area (Å²) >= 11 is 4.80. The van der Waals surface area contributed by atoms with Crippen LogP contribution in [0.4, 0.5) is 5.69 Å². The molecule has 5 heteroatoms. The molecule has 0 radical (unpaired) electrons. The van der Waals surface area contributed by atoms with Crippen molar-refractivity contribution in [2.24, 2.45) is 11.7 Å². The van der Waals surface area contributed by atoms with E-state index in [9.17, 15) is 4.79 Å². The molecule has 0 saturated carbocycles. The highest BCUT2D eigenvalue weighted by Gasteiger charge is 2.08. The third-order valence-corrected chi connectivity index (χ3v) is 2.53. The van der Waals surface area contributed by atoms with E-state index < -0.39 is 0 Å². The van der Waals surface area contributed by atoms with Gasteiger partial charge in [0.15, 0.2) is 5.11 Å². The van der Waals surface area contributed by atoms with Crippen LogP contribution in [-0.2, 0) is 0 Å². The quantitative estimate of drug-likeness (QED) is 0.729. The predicted octanol–water partition coefficient (Wildman–Crippen LogP) is 2.04. The summed E-state index contributed by atoms with van der Waals surface area (Å²) in [5, 5.41) is 5.92. The first-order valence-electron chi connectivity index (χ1n) is 5.85. The number of amides is 1. The van der Waals surface area contributed by atoms with Gasteiger partial charge in [0, 0.05) is 17.8 Å². The summed E-state index contributed by atoms with van der Waals surface area (Å²) in [7, 11) is 0. The maximum atomic E-state index is 11.9. The molecule has 1 aromatic rings. The lowest BCUT2D eigenvalue weighted by Gasteiger charge is -2.11. The summed E-state index contributed by atoms with van der Waals surface area (Å²) < 4.78 is 0. The Balaban J connectivity index is 2.83. The van der Waals surface area contributed by atoms with E-state index in [0.717, 1.165) is 11.3 Å². The Kier molecular flexibility index (Phi) is 5.09. The fourth-order valence-electron chi connectivity index (χ4n) is 1.43. The van der Waals surface area contributed by atoms with Crippen molar-refractivity contribution in [3.8, 4) is 0 Å². The van der Waals surface area contributed by atoms with Gasteiger partial charge in [-0.15, -0.1) is 0 Å². The molecular formula is C13H19N3OS. The van der Waals surface area contributed by atoms with Gasteiger partial charge in [-0.3, -0.25) is 4.79 Å². The summed E-state index contributed by atoms with van der Waals surface area (Å²) in [5.41, 5.74) is 7.79. The van der Waals surface area contributed by atoms with E-state index in [1.54, 1.807) is 12.1 Å². The maximum Gasteiger partial charge on any atom is 0.251 e. The molecular weight excluding hydrogens is 246 g/mol. The summed E-state index contributed by atoms with van der Waals surface area (Å²) in [6, 6.07) is 5.41. The highest BCUT2D eigenvalue weighted by molar-refractivity contribution is 7.80. The largest absolute Gasteiger partial charge is 0.376 e. The molecule has 0 unspecified atom stereocenters. The minimum Gasteiger partial charge on any atom is -0.376 e. The average Bonchev–Trinajstić information content (AvgIpc) is 2.28. The Morgan fingerprint density at radius 1 is 1.44 bits per heavy atom. The van der Waals surface area contributed by atoms with Crippen LogP contribution < -0.4 is 16.4 Å². The van der Waals surface area contributed by atoms with Gasteiger partial charge in [0.2, 0.25) is 0 Å². The summed E-state index contributed by atoms with van der Waals surface area (Å²) in [4.78, 5) is 11.9. The Labute approximate surface area is 113 Å². The van der Waals surface area contributed by atoms with Gasteiger partial charge < -0.3 is 16.4 Å². The Morgan fingerprint density at radius 2 is 2.11 bits per heavy atom. The van der Waals surface area contributed by atoms with E-state index in [2.05, 4.69) is 24.5 Å². The van der Waals surface area contributed by atoms with Crippen molar-refractivity contribution >= 4 is 28.9 Å². The molecule has 0 atom stereocenters. The number of carbonyl (C=O) groups excluding carboxylic acids is 1. The summed E-state index contributed by atoms with van der Waals surface area (Å²) in [5.74, 6) is 0.336. The second kappa shape index (κ2) is 6.35. The molecule has 0 bridgehead atoms. The van der Waals surface area contributed by atoms with Gasteiger partial charge in [0.1, 0.15) is 0 Å². The number of anilines is 1. The van der Waals surface area contributed by atoms with Crippen molar-refractivity contribution in [1.29, 1.82) is 0 Å². The molecule has 0 saturated heterocycles. The molecule has 0 aromatic heterocycles. The van der Waals surface area contributed by atoms with Crippen LogP contribution in [0.2, 0.25) is 0 Å². The Bertz CT molecular complexity index is 458. The van der Waals surface area contributed by atoms with Gasteiger partial charge in [-0.1, -0.05) is 19.9 Å². The van der Waals surface area contributed by atoms with Gasteiger partial charge in [0.05, 0.1) is 0 Å². The first-order chi connectivity index (χ1) is 8.40. The summed E-state index contributed by atoms with van der Waals surface area (Å²) in [6.07, 6.45) is 0. The van der Waals surface area contributed by atoms with E-state index in [1.807, 2.05) is 13.0 Å². The SMILES string of the molecule is Cc1ccc(C(=O)NCC(C)C)cc1NC(N)=S. The number of nitrogens with two attached hydrogens (primary N) is 1. The smallest absolute Gasteiger partial charge is 0.251 e. The average molecular weight is 265 g/mol. The van der Waals surface area contributed by atoms with Gasteiger partial charge in [-0.25, -0.2) is 0 Å². The zero-order valence-electron chi connectivity index (χ0n) is 10.9. The van der Waals surface area contributed by atoms with Crippen molar-refractivity contribution in [2.75, 3.05) is 11.9 Å². The van der Waals surface area contributed by atoms with Gasteiger partial charge >= 0.3 is 0 Å². The lowest BCUT2D eigenvalue weighted by atomic mass is 10.1. The van der Waals surface area contributed by atoms with Crippen LogP contribution in [0.1, 0.15) is 29.8 Å². The molecule has 0 fully saturated rings. The van der Waals surface area contributed by atoms with E-state index in [0.29, 0.717) is 18.0 Å². The molecule has 1 rings (SSSR count). The van der Waals surface area contributed by atoms with Crippen LogP contribution in [-0.4, -0.2) is 17.6 Å². The lowest BCUT2D eigenvalue weighted by molar-refractivity contribution is 0.0949. The van der Waals surface area contributed by atoms with E-state index in [1.165, 1.54) is 0 Å². The number of aryl methyl sites for hydroxylation is 1. The molecule has 1 amide bonds. The van der Waals surface area contributed by atoms with E-state index in [-0.39, 0.29) is 11.0 Å². The van der Waals surface area contributed by atoms with Gasteiger partial charge in [0.25, 0.3) is 5.91 Å². The van der Waals surface area contributed by atoms with Gasteiger partial charge in [-0.2, -0.15) is 0 Å². The Hall–Kier alpha value is -1.62. The van der Waals surface area contributed by atoms with Crippen LogP contribution in [0.25, 0.3) is 0 Å². The highest BCUT2D eigenvalue weighted by Crippen LogP contribution is 2.16. The fourth-order valence-corrected chi connectivity index (χ4v) is 1.54. The topological polar surface area (TPSA) is 67.2 Å². The molecule has 4 nitrogen and oxygen atoms in total. The van der Waals surface area contributed by atoms with Crippen LogP contribution in [0.15, 0.2) is 18.2 Å². The number of thiocarbonyl (C=S) groups is 1. The molecule has 98 valence electrons. The number of hydrogen-bond donors (Lipinski definition) is 3. The number of benzene rings is 1. The maximum absolute atomic E-state index is 11.9. The van der Waals surface area contributed by atoms with Crippen molar-refractivity contribution < 1.29 is 4.79 Å². The van der Waals surface area contributed by atoms with E-state index in [4.69, 9.17) is 18.0 Å². The zero-order valence-corrected chi connectivity index (χ0v) is 11.7. The first-order valence-corrected chi connectivity index (χ1v) is 6.26. The van der Waals surface area contributed by atoms with Crippen molar-refractivity contribution in [3.05, 3.63) is 29.3 Å². The Morgan fingerprint density at radius 3 is 2.67 bits per heavy atom. The van der Waals surface area contributed by atoms with Gasteiger partial charge in [-0.05, 0) is 42.8 Å². The normalized spacial score (nSPS) is 10.2. The molecule has 0 spiro atoms. The van der Waals surface area contributed by atoms with Crippen LogP contribution in [0.3, 0.4) is 0 Å². The first kappa shape index (κ1) is 14.4. The van der Waals surface area contributed by atoms with Crippen LogP contribution in [0, 0.1) is 12.8 Å². The summed E-state index contributed by atoms with van der Waals surface area (Å²) in [6.45, 7) is 6.69. The molecule has 0 aliphatic rings. The van der Waals surface area contributed by atoms with Crippen molar-refractivity contribution in [3.63, 3.8) is 0 Å². The fraction of sp³-hybridized carbons (Fsp3) is 0.385. The monoisotopic (exact) mass is 265 g/mol. The van der Waals surface area contributed by atoms with E-state index >= 15 is 0 Å². The number of carbonyl (C=O) groups is 1. The predicted molar refractivity (Wildman–Crippen MR) is 78.8 cm³/mol. The second-order valence-electron chi connectivity index (χ2n) is 4.62. The number of nitrogens with one attached hydrogen (secondary N) is 2. The minimum absolute atomic E-state index is 0.0883. The molecule has 18 heavy (non-hydrogen) atoms. The van der Waals surface area contributed by atoms with Crippen LogP contribution >= 0.6 is 12.2 Å². The second-order valence-corrected chi connectivity index (χ2v) is 5.06. The molecule has 0 aliphatic heterocycles. The molecule has 0 heterocycles. The third-order valence-electron chi connectivity index (χ3n) is 2.43. The molecule has 0 aliphatic carbocycles. The number of hydrogen-bond acceptors (Lipinski definition) is 2. The zero-order chi connectivity index (χ0) is 13.7. The minimum atomic E-state index is -0.0883. The standard InChI is InChI=1S/C13H19N3OS/c1-8(2)7-15-12(17)10-5-4-9(3)11(6-10)16-13(14)18/h4-6,8H,7H2,1-3H3,(H,15,17)(H3,14,16,18). The lowest BCUT2D eigenvalue weighted by Crippen LogP contribution is -2.27.